The molecule has 5 nitrogen and oxygen atoms in total. The van der Waals surface area contributed by atoms with Gasteiger partial charge in [-0.2, -0.15) is 0 Å². The fraction of sp³-hybridized carbons (Fsp3) is 0.778. The van der Waals surface area contributed by atoms with E-state index in [0.29, 0.717) is 6.42 Å². The van der Waals surface area contributed by atoms with Gasteiger partial charge in [0.15, 0.2) is 0 Å². The highest BCUT2D eigenvalue weighted by Gasteiger charge is 1.92. The van der Waals surface area contributed by atoms with Crippen molar-refractivity contribution < 1.29 is 14.7 Å². The minimum Gasteiger partial charge on any atom is -0.480 e. The first kappa shape index (κ1) is 18.3. The predicted molar refractivity (Wildman–Crippen MR) is 75.5 cm³/mol. The Kier molecular flexibility index (Phi) is 17.2. The zero-order chi connectivity index (χ0) is 12.8. The molecule has 0 aromatic rings. The van der Waals surface area contributed by atoms with Crippen LogP contribution in [0.3, 0.4) is 0 Å². The number of hydrogen-bond acceptors (Lipinski definition) is 4. The Hall–Kier alpha value is -0.0200. The zero-order valence-electron chi connectivity index (χ0n) is 9.59. The maximum atomic E-state index is 10.6. The monoisotopic (exact) mass is 362 g/mol. The molecule has 0 unspecified atom stereocenters. The van der Waals surface area contributed by atoms with Gasteiger partial charge in [-0.25, -0.2) is 4.72 Å². The molecule has 0 aliphatic carbocycles. The Morgan fingerprint density at radius 3 is 2.31 bits per heavy atom. The molecule has 0 saturated heterocycles. The molecule has 0 aromatic heterocycles. The average Bonchev–Trinajstić information content (AvgIpc) is 2.27. The predicted octanol–water partition coefficient (Wildman–Crippen LogP) is 1.97. The quantitative estimate of drug-likeness (QED) is 0.367. The van der Waals surface area contributed by atoms with Crippen LogP contribution in [0.15, 0.2) is 0 Å². The molecule has 0 bridgehead atoms. The molecule has 0 spiro atoms. The topological polar surface area (TPSA) is 78.4 Å². The lowest BCUT2D eigenvalue weighted by Crippen LogP contribution is -2.22. The van der Waals surface area contributed by atoms with Crippen LogP contribution < -0.4 is 10.0 Å². The third-order valence-electron chi connectivity index (χ3n) is 1.45. The average molecular weight is 362 g/mol. The lowest BCUT2D eigenvalue weighted by atomic mass is 10.3. The van der Waals surface area contributed by atoms with E-state index < -0.39 is 5.97 Å². The van der Waals surface area contributed by atoms with Crippen LogP contribution in [0.5, 0.6) is 0 Å². The Labute approximate surface area is 113 Å². The minimum absolute atomic E-state index is 0.0214. The van der Waals surface area contributed by atoms with Crippen LogP contribution in [0, 0.1) is 0 Å². The van der Waals surface area contributed by atoms with Gasteiger partial charge in [0.1, 0.15) is 6.54 Å². The van der Waals surface area contributed by atoms with Crippen molar-refractivity contribution in [1.29, 1.82) is 0 Å². The summed E-state index contributed by atoms with van der Waals surface area (Å²) in [5.74, 6) is -0.674. The van der Waals surface area contributed by atoms with E-state index >= 15 is 0 Å². The second kappa shape index (κ2) is 15.0. The molecule has 0 saturated carbocycles. The molecule has 0 fully saturated rings. The molecule has 1 amide bonds. The molecule has 0 rings (SSSR count). The van der Waals surface area contributed by atoms with Crippen molar-refractivity contribution in [1.82, 2.24) is 10.0 Å². The summed E-state index contributed by atoms with van der Waals surface area (Å²) in [5.41, 5.74) is 0. The van der Waals surface area contributed by atoms with E-state index in [1.807, 2.05) is 28.1 Å². The zero-order valence-corrected chi connectivity index (χ0v) is 12.6. The van der Waals surface area contributed by atoms with E-state index in [2.05, 4.69) is 17.0 Å². The second-order valence-electron chi connectivity index (χ2n) is 2.85. The molecule has 0 radical (unpaired) electrons. The second-order valence-corrected chi connectivity index (χ2v) is 4.61. The SMILES string of the molecule is CCCCNC(=O)CC.O=C(O)CNSI. The van der Waals surface area contributed by atoms with E-state index in [1.165, 1.54) is 9.12 Å². The number of halogens is 1. The summed E-state index contributed by atoms with van der Waals surface area (Å²) in [5, 5.41) is 10.8. The van der Waals surface area contributed by atoms with Crippen LogP contribution in [-0.2, 0) is 9.59 Å². The van der Waals surface area contributed by atoms with Gasteiger partial charge in [0.2, 0.25) is 5.91 Å². The Balaban J connectivity index is 0. The van der Waals surface area contributed by atoms with Crippen LogP contribution in [-0.4, -0.2) is 30.1 Å². The van der Waals surface area contributed by atoms with E-state index in [4.69, 9.17) is 5.11 Å². The number of nitrogens with one attached hydrogen (secondary N) is 2. The van der Waals surface area contributed by atoms with Gasteiger partial charge in [0, 0.05) is 34.2 Å². The summed E-state index contributed by atoms with van der Waals surface area (Å²) < 4.78 is 2.55. The number of carbonyl (C=O) groups is 2. The van der Waals surface area contributed by atoms with Crippen molar-refractivity contribution in [2.75, 3.05) is 13.1 Å². The van der Waals surface area contributed by atoms with E-state index in [9.17, 15) is 9.59 Å². The largest absolute Gasteiger partial charge is 0.480 e. The molecule has 0 aliphatic heterocycles. The van der Waals surface area contributed by atoms with Crippen molar-refractivity contribution in [3.05, 3.63) is 0 Å². The Morgan fingerprint density at radius 2 is 2.00 bits per heavy atom. The van der Waals surface area contributed by atoms with Crippen molar-refractivity contribution in [2.24, 2.45) is 0 Å². The number of carboxylic acids is 1. The number of carboxylic acid groups (broad SMARTS) is 1. The Bertz CT molecular complexity index is 194. The maximum Gasteiger partial charge on any atom is 0.318 e. The molecule has 0 aliphatic rings. The van der Waals surface area contributed by atoms with Gasteiger partial charge in [0.25, 0.3) is 0 Å². The number of amides is 1. The molecule has 16 heavy (non-hydrogen) atoms. The van der Waals surface area contributed by atoms with Crippen LogP contribution in [0.4, 0.5) is 0 Å². The smallest absolute Gasteiger partial charge is 0.318 e. The fourth-order valence-electron chi connectivity index (χ4n) is 0.619. The standard InChI is InChI=1S/C7H15NO.C2H4INO2S/c1-3-5-6-8-7(9)4-2;3-7-4-1-2(5)6/h3-6H2,1-2H3,(H,8,9);4H,1H2,(H,5,6). The summed E-state index contributed by atoms with van der Waals surface area (Å²) in [4.78, 5) is 20.3. The lowest BCUT2D eigenvalue weighted by Gasteiger charge is -1.99. The van der Waals surface area contributed by atoms with Gasteiger partial charge in [0.05, 0.1) is 0 Å². The number of hydrogen-bond donors (Lipinski definition) is 3. The molecule has 0 aromatic carbocycles. The van der Waals surface area contributed by atoms with Gasteiger partial charge >= 0.3 is 5.97 Å². The summed E-state index contributed by atoms with van der Waals surface area (Å²) >= 11 is 1.96. The number of carbonyl (C=O) groups excluding carboxylic acids is 1. The van der Waals surface area contributed by atoms with Crippen LogP contribution in [0.25, 0.3) is 0 Å². The first-order chi connectivity index (χ1) is 7.58. The molecular formula is C9H19IN2O3S. The van der Waals surface area contributed by atoms with Crippen molar-refractivity contribution in [2.45, 2.75) is 33.1 Å². The maximum absolute atomic E-state index is 10.6. The summed E-state index contributed by atoms with van der Waals surface area (Å²) in [7, 11) is 1.27. The van der Waals surface area contributed by atoms with Gasteiger partial charge in [-0.05, 0) is 15.5 Å². The van der Waals surface area contributed by atoms with Crippen molar-refractivity contribution in [3.8, 4) is 0 Å². The summed E-state index contributed by atoms with van der Waals surface area (Å²) in [6.45, 7) is 4.83. The first-order valence-corrected chi connectivity index (χ1v) is 8.43. The number of unbranched alkanes of at least 4 members (excludes halogenated alkanes) is 1. The van der Waals surface area contributed by atoms with Crippen LogP contribution >= 0.6 is 30.3 Å². The van der Waals surface area contributed by atoms with Gasteiger partial charge in [-0.15, -0.1) is 0 Å². The van der Waals surface area contributed by atoms with Crippen molar-refractivity contribution >= 4 is 42.2 Å². The third kappa shape index (κ3) is 19.5. The molecule has 0 atom stereocenters. The van der Waals surface area contributed by atoms with Crippen LogP contribution in [0.2, 0.25) is 0 Å². The van der Waals surface area contributed by atoms with Crippen LogP contribution in [0.1, 0.15) is 33.1 Å². The van der Waals surface area contributed by atoms with Gasteiger partial charge in [-0.1, -0.05) is 20.3 Å². The van der Waals surface area contributed by atoms with E-state index in [-0.39, 0.29) is 12.5 Å². The highest BCUT2D eigenvalue weighted by Crippen LogP contribution is 2.01. The minimum atomic E-state index is -0.829. The Morgan fingerprint density at radius 1 is 1.38 bits per heavy atom. The molecule has 7 heteroatoms. The van der Waals surface area contributed by atoms with Gasteiger partial charge in [-0.3, -0.25) is 9.59 Å². The number of rotatable bonds is 7. The summed E-state index contributed by atoms with van der Waals surface area (Å²) in [6, 6.07) is 0. The summed E-state index contributed by atoms with van der Waals surface area (Å²) in [6.07, 6.45) is 2.83. The van der Waals surface area contributed by atoms with E-state index in [1.54, 1.807) is 0 Å². The number of aliphatic carboxylic acids is 1. The fourth-order valence-corrected chi connectivity index (χ4v) is 1.26. The first-order valence-electron chi connectivity index (χ1n) is 5.07. The van der Waals surface area contributed by atoms with Gasteiger partial charge < -0.3 is 10.4 Å². The highest BCUT2D eigenvalue weighted by atomic mass is 127. The van der Waals surface area contributed by atoms with Crippen molar-refractivity contribution in [3.63, 3.8) is 0 Å². The third-order valence-corrected chi connectivity index (χ3v) is 2.64. The molecule has 96 valence electrons. The molecule has 0 heterocycles. The van der Waals surface area contributed by atoms with E-state index in [0.717, 1.165) is 19.4 Å². The normalized spacial score (nSPS) is 8.94. The lowest BCUT2D eigenvalue weighted by molar-refractivity contribution is -0.135. The molecular weight excluding hydrogens is 343 g/mol. The molecule has 3 N–H and O–H groups in total. The highest BCUT2D eigenvalue weighted by molar-refractivity contribution is 14.2.